The topological polar surface area (TPSA) is 80.4 Å². The lowest BCUT2D eigenvalue weighted by Crippen LogP contribution is -2.00. The molecule has 15 heavy (non-hydrogen) atoms. The van der Waals surface area contributed by atoms with Crippen molar-refractivity contribution in [2.45, 2.75) is 6.92 Å². The molecule has 5 nitrogen and oxygen atoms in total. The van der Waals surface area contributed by atoms with Crippen LogP contribution in [0.2, 0.25) is 0 Å². The Balaban J connectivity index is 3.40. The zero-order chi connectivity index (χ0) is 11.6. The van der Waals surface area contributed by atoms with Crippen LogP contribution >= 0.6 is 0 Å². The van der Waals surface area contributed by atoms with Gasteiger partial charge in [-0.25, -0.2) is 4.79 Å². The molecule has 0 aliphatic heterocycles. The van der Waals surface area contributed by atoms with Crippen LogP contribution in [0, 0.1) is 10.1 Å². The van der Waals surface area contributed by atoms with Gasteiger partial charge >= 0.3 is 5.97 Å². The van der Waals surface area contributed by atoms with Gasteiger partial charge in [-0.1, -0.05) is 6.58 Å². The number of nitrogens with zero attached hydrogens (tertiary/aromatic N) is 1. The van der Waals surface area contributed by atoms with Crippen LogP contribution in [0.5, 0.6) is 0 Å². The van der Waals surface area contributed by atoms with Gasteiger partial charge in [0.1, 0.15) is 0 Å². The molecular formula is C10H9NO4. The maximum Gasteiger partial charge on any atom is 0.335 e. The van der Waals surface area contributed by atoms with Crippen LogP contribution in [0.3, 0.4) is 0 Å². The van der Waals surface area contributed by atoms with Gasteiger partial charge in [-0.15, -0.1) is 0 Å². The molecule has 0 saturated carbocycles. The van der Waals surface area contributed by atoms with Gasteiger partial charge in [-0.3, -0.25) is 10.1 Å². The summed E-state index contributed by atoms with van der Waals surface area (Å²) >= 11 is 0. The Labute approximate surface area is 85.8 Å². The van der Waals surface area contributed by atoms with Crippen molar-refractivity contribution in [1.82, 2.24) is 0 Å². The standard InChI is InChI=1S/C10H9NO4/c1-6(2)8-5-7(10(12)13)3-4-9(8)11(14)15/h3-5H,1H2,2H3,(H,12,13). The summed E-state index contributed by atoms with van der Waals surface area (Å²) in [6, 6.07) is 3.63. The average Bonchev–Trinajstić information content (AvgIpc) is 2.16. The van der Waals surface area contributed by atoms with Gasteiger partial charge in [0.05, 0.1) is 16.1 Å². The van der Waals surface area contributed by atoms with Crippen molar-refractivity contribution in [3.05, 3.63) is 46.0 Å². The molecule has 0 saturated heterocycles. The van der Waals surface area contributed by atoms with Crippen molar-refractivity contribution in [2.24, 2.45) is 0 Å². The number of rotatable bonds is 3. The van der Waals surface area contributed by atoms with Crippen molar-refractivity contribution in [3.63, 3.8) is 0 Å². The van der Waals surface area contributed by atoms with E-state index in [9.17, 15) is 14.9 Å². The first-order valence-corrected chi connectivity index (χ1v) is 4.11. The fourth-order valence-electron chi connectivity index (χ4n) is 1.17. The Morgan fingerprint density at radius 3 is 2.53 bits per heavy atom. The summed E-state index contributed by atoms with van der Waals surface area (Å²) < 4.78 is 0. The number of carboxylic acids is 1. The minimum Gasteiger partial charge on any atom is -0.478 e. The first kappa shape index (κ1) is 10.9. The molecule has 0 atom stereocenters. The van der Waals surface area contributed by atoms with E-state index in [1.54, 1.807) is 6.92 Å². The number of nitro groups is 1. The SMILES string of the molecule is C=C(C)c1cc(C(=O)O)ccc1[N+](=O)[O-]. The maximum absolute atomic E-state index is 10.7. The van der Waals surface area contributed by atoms with Crippen molar-refractivity contribution in [1.29, 1.82) is 0 Å². The molecule has 78 valence electrons. The van der Waals surface area contributed by atoms with Crippen molar-refractivity contribution in [3.8, 4) is 0 Å². The zero-order valence-corrected chi connectivity index (χ0v) is 8.06. The van der Waals surface area contributed by atoms with E-state index in [1.165, 1.54) is 18.2 Å². The summed E-state index contributed by atoms with van der Waals surface area (Å²) in [6.07, 6.45) is 0. The van der Waals surface area contributed by atoms with Crippen LogP contribution in [0.25, 0.3) is 5.57 Å². The lowest BCUT2D eigenvalue weighted by Gasteiger charge is -2.03. The van der Waals surface area contributed by atoms with Gasteiger partial charge in [0.25, 0.3) is 5.69 Å². The van der Waals surface area contributed by atoms with Crippen LogP contribution in [-0.2, 0) is 0 Å². The van der Waals surface area contributed by atoms with Crippen LogP contribution < -0.4 is 0 Å². The molecule has 0 fully saturated rings. The first-order chi connectivity index (χ1) is 6.93. The van der Waals surface area contributed by atoms with E-state index >= 15 is 0 Å². The van der Waals surface area contributed by atoms with E-state index in [1.807, 2.05) is 0 Å². The smallest absolute Gasteiger partial charge is 0.335 e. The van der Waals surface area contributed by atoms with E-state index in [0.717, 1.165) is 0 Å². The minimum absolute atomic E-state index is 0.0126. The molecule has 1 aromatic carbocycles. The monoisotopic (exact) mass is 207 g/mol. The Morgan fingerprint density at radius 2 is 2.13 bits per heavy atom. The largest absolute Gasteiger partial charge is 0.478 e. The third-order valence-electron chi connectivity index (χ3n) is 1.90. The number of hydrogen-bond acceptors (Lipinski definition) is 3. The molecule has 0 aliphatic rings. The highest BCUT2D eigenvalue weighted by atomic mass is 16.6. The average molecular weight is 207 g/mol. The molecule has 1 N–H and O–H groups in total. The molecular weight excluding hydrogens is 198 g/mol. The molecule has 0 heterocycles. The lowest BCUT2D eigenvalue weighted by atomic mass is 10.0. The van der Waals surface area contributed by atoms with Crippen LogP contribution in [0.1, 0.15) is 22.8 Å². The van der Waals surface area contributed by atoms with E-state index in [-0.39, 0.29) is 16.8 Å². The van der Waals surface area contributed by atoms with Gasteiger partial charge in [-0.2, -0.15) is 0 Å². The highest BCUT2D eigenvalue weighted by Gasteiger charge is 2.16. The van der Waals surface area contributed by atoms with E-state index in [2.05, 4.69) is 6.58 Å². The van der Waals surface area contributed by atoms with Gasteiger partial charge < -0.3 is 5.11 Å². The van der Waals surface area contributed by atoms with E-state index in [0.29, 0.717) is 5.57 Å². The molecule has 0 spiro atoms. The van der Waals surface area contributed by atoms with Crippen molar-refractivity contribution >= 4 is 17.2 Å². The Kier molecular flexibility index (Phi) is 2.85. The van der Waals surface area contributed by atoms with Gasteiger partial charge in [0.2, 0.25) is 0 Å². The van der Waals surface area contributed by atoms with E-state index < -0.39 is 10.9 Å². The molecule has 0 unspecified atom stereocenters. The predicted molar refractivity (Wildman–Crippen MR) is 54.8 cm³/mol. The number of benzene rings is 1. The van der Waals surface area contributed by atoms with Gasteiger partial charge in [0, 0.05) is 6.07 Å². The minimum atomic E-state index is -1.12. The molecule has 0 bridgehead atoms. The summed E-state index contributed by atoms with van der Waals surface area (Å²) in [5.74, 6) is -1.12. The van der Waals surface area contributed by atoms with Crippen molar-refractivity contribution in [2.75, 3.05) is 0 Å². The predicted octanol–water partition coefficient (Wildman–Crippen LogP) is 2.33. The summed E-state index contributed by atoms with van der Waals surface area (Å²) in [5.41, 5.74) is 0.593. The van der Waals surface area contributed by atoms with Gasteiger partial charge in [-0.05, 0) is 24.6 Å². The second kappa shape index (κ2) is 3.91. The molecule has 5 heteroatoms. The summed E-state index contributed by atoms with van der Waals surface area (Å²) in [4.78, 5) is 20.7. The van der Waals surface area contributed by atoms with Crippen LogP contribution in [0.15, 0.2) is 24.8 Å². The quantitative estimate of drug-likeness (QED) is 0.609. The molecule has 1 aromatic rings. The highest BCUT2D eigenvalue weighted by molar-refractivity contribution is 5.90. The highest BCUT2D eigenvalue weighted by Crippen LogP contribution is 2.25. The van der Waals surface area contributed by atoms with Gasteiger partial charge in [0.15, 0.2) is 0 Å². The maximum atomic E-state index is 10.7. The summed E-state index contributed by atoms with van der Waals surface area (Å²) in [7, 11) is 0. The summed E-state index contributed by atoms with van der Waals surface area (Å²) in [5, 5.41) is 19.3. The number of nitro benzene ring substituents is 1. The molecule has 0 amide bonds. The third kappa shape index (κ3) is 2.19. The third-order valence-corrected chi connectivity index (χ3v) is 1.90. The number of hydrogen-bond donors (Lipinski definition) is 1. The fraction of sp³-hybridized carbons (Fsp3) is 0.100. The summed E-state index contributed by atoms with van der Waals surface area (Å²) in [6.45, 7) is 5.16. The van der Waals surface area contributed by atoms with Crippen LogP contribution in [-0.4, -0.2) is 16.0 Å². The number of carbonyl (C=O) groups is 1. The fourth-order valence-corrected chi connectivity index (χ4v) is 1.17. The van der Waals surface area contributed by atoms with Crippen molar-refractivity contribution < 1.29 is 14.8 Å². The molecule has 0 aliphatic carbocycles. The second-order valence-electron chi connectivity index (χ2n) is 3.07. The Hall–Kier alpha value is -2.17. The Bertz CT molecular complexity index is 451. The first-order valence-electron chi connectivity index (χ1n) is 4.11. The molecule has 1 rings (SSSR count). The zero-order valence-electron chi connectivity index (χ0n) is 8.06. The normalized spacial score (nSPS) is 9.67. The lowest BCUT2D eigenvalue weighted by molar-refractivity contribution is -0.385. The number of aromatic carboxylic acids is 1. The van der Waals surface area contributed by atoms with E-state index in [4.69, 9.17) is 5.11 Å². The molecule has 0 aromatic heterocycles. The van der Waals surface area contributed by atoms with Crippen LogP contribution in [0.4, 0.5) is 5.69 Å². The Morgan fingerprint density at radius 1 is 1.53 bits per heavy atom. The number of allylic oxidation sites excluding steroid dienone is 1. The number of carboxylic acid groups (broad SMARTS) is 1. The second-order valence-corrected chi connectivity index (χ2v) is 3.07. The molecule has 0 radical (unpaired) electrons.